The van der Waals surface area contributed by atoms with Gasteiger partial charge in [-0.25, -0.2) is 9.78 Å². The first-order chi connectivity index (χ1) is 15.1. The number of aryl methyl sites for hydroxylation is 1. The third-order valence-corrected chi connectivity index (χ3v) is 7.71. The minimum absolute atomic E-state index is 0.329. The highest BCUT2D eigenvalue weighted by atomic mass is 32.1. The molecule has 162 valence electrons. The van der Waals surface area contributed by atoms with E-state index in [1.807, 2.05) is 22.7 Å². The van der Waals surface area contributed by atoms with Crippen LogP contribution in [0.2, 0.25) is 0 Å². The van der Waals surface area contributed by atoms with Crippen molar-refractivity contribution in [3.8, 4) is 11.3 Å². The van der Waals surface area contributed by atoms with Gasteiger partial charge in [0.15, 0.2) is 4.96 Å². The lowest BCUT2D eigenvalue weighted by atomic mass is 9.93. The van der Waals surface area contributed by atoms with Gasteiger partial charge in [0.25, 0.3) is 0 Å². The largest absolute Gasteiger partial charge is 0.422 e. The summed E-state index contributed by atoms with van der Waals surface area (Å²) in [6, 6.07) is 8.17. The molecule has 5 rings (SSSR count). The third kappa shape index (κ3) is 4.01. The Bertz CT molecular complexity index is 1230. The Hall–Kier alpha value is -2.60. The number of hydrogen-bond donors (Lipinski definition) is 0. The van der Waals surface area contributed by atoms with Gasteiger partial charge >= 0.3 is 5.63 Å². The SMILES string of the molecule is CCc1cn2cc(-c3cc4ccc(N5CCCC(CC)CCC5)cc4oc3=O)nc2s1. The number of fused-ring (bicyclic) bond motifs is 2. The van der Waals surface area contributed by atoms with Gasteiger partial charge in [0.1, 0.15) is 5.58 Å². The Labute approximate surface area is 186 Å². The summed E-state index contributed by atoms with van der Waals surface area (Å²) in [7, 11) is 0. The molecule has 1 saturated heterocycles. The summed E-state index contributed by atoms with van der Waals surface area (Å²) >= 11 is 1.66. The number of anilines is 1. The molecule has 0 N–H and O–H groups in total. The molecule has 1 fully saturated rings. The first-order valence-electron chi connectivity index (χ1n) is 11.4. The topological polar surface area (TPSA) is 50.8 Å². The normalized spacial score (nSPS) is 16.1. The number of imidazole rings is 1. The van der Waals surface area contributed by atoms with Gasteiger partial charge in [-0.2, -0.15) is 0 Å². The van der Waals surface area contributed by atoms with Gasteiger partial charge in [-0.05, 0) is 56.2 Å². The van der Waals surface area contributed by atoms with Crippen LogP contribution in [0.4, 0.5) is 5.69 Å². The van der Waals surface area contributed by atoms with E-state index in [-0.39, 0.29) is 5.63 Å². The molecule has 0 aliphatic carbocycles. The maximum absolute atomic E-state index is 12.8. The molecule has 0 spiro atoms. The molecular weight excluding hydrogens is 406 g/mol. The van der Waals surface area contributed by atoms with Crippen molar-refractivity contribution in [2.75, 3.05) is 18.0 Å². The molecule has 0 bridgehead atoms. The lowest BCUT2D eigenvalue weighted by Crippen LogP contribution is -2.28. The van der Waals surface area contributed by atoms with Crippen LogP contribution in [-0.4, -0.2) is 22.5 Å². The summed E-state index contributed by atoms with van der Waals surface area (Å²) in [5.41, 5.74) is 2.65. The summed E-state index contributed by atoms with van der Waals surface area (Å²) in [4.78, 5) is 22.1. The van der Waals surface area contributed by atoms with Gasteiger partial charge < -0.3 is 9.32 Å². The van der Waals surface area contributed by atoms with Gasteiger partial charge in [-0.1, -0.05) is 20.3 Å². The lowest BCUT2D eigenvalue weighted by Gasteiger charge is -2.29. The van der Waals surface area contributed by atoms with E-state index in [4.69, 9.17) is 4.42 Å². The maximum Gasteiger partial charge on any atom is 0.345 e. The highest BCUT2D eigenvalue weighted by Gasteiger charge is 2.17. The van der Waals surface area contributed by atoms with E-state index in [0.717, 1.165) is 41.5 Å². The molecule has 0 saturated carbocycles. The van der Waals surface area contributed by atoms with Gasteiger partial charge in [0.2, 0.25) is 0 Å². The number of rotatable bonds is 4. The van der Waals surface area contributed by atoms with Crippen LogP contribution in [0.15, 0.2) is 45.9 Å². The van der Waals surface area contributed by atoms with Crippen LogP contribution < -0.4 is 10.5 Å². The van der Waals surface area contributed by atoms with Crippen molar-refractivity contribution in [1.29, 1.82) is 0 Å². The van der Waals surface area contributed by atoms with Crippen LogP contribution in [0, 0.1) is 5.92 Å². The van der Waals surface area contributed by atoms with Crippen molar-refractivity contribution in [3.63, 3.8) is 0 Å². The number of hydrogen-bond acceptors (Lipinski definition) is 5. The molecule has 1 aromatic carbocycles. The molecule has 0 amide bonds. The monoisotopic (exact) mass is 435 g/mol. The fourth-order valence-electron chi connectivity index (χ4n) is 4.68. The Balaban J connectivity index is 1.43. The smallest absolute Gasteiger partial charge is 0.345 e. The van der Waals surface area contributed by atoms with E-state index in [1.54, 1.807) is 11.3 Å². The minimum Gasteiger partial charge on any atom is -0.422 e. The lowest BCUT2D eigenvalue weighted by molar-refractivity contribution is 0.393. The average molecular weight is 436 g/mol. The molecule has 4 aromatic rings. The van der Waals surface area contributed by atoms with E-state index in [0.29, 0.717) is 16.8 Å². The summed E-state index contributed by atoms with van der Waals surface area (Å²) in [6.07, 6.45) is 11.3. The molecule has 5 nitrogen and oxygen atoms in total. The molecule has 0 unspecified atom stereocenters. The Morgan fingerprint density at radius 2 is 1.94 bits per heavy atom. The first-order valence-corrected chi connectivity index (χ1v) is 12.3. The van der Waals surface area contributed by atoms with Crippen LogP contribution in [-0.2, 0) is 6.42 Å². The Morgan fingerprint density at radius 1 is 1.13 bits per heavy atom. The predicted molar refractivity (Wildman–Crippen MR) is 128 cm³/mol. The molecule has 1 aliphatic heterocycles. The standard InChI is InChI=1S/C25H29N3O2S/c1-3-17-7-5-11-27(12-6-8-17)19-10-9-18-13-21(24(29)30-23(18)14-19)22-16-28-15-20(4-2)31-25(28)26-22/h9-10,13-17H,3-8,11-12H2,1-2H3. The number of thiazole rings is 1. The average Bonchev–Trinajstić information content (AvgIpc) is 3.32. The highest BCUT2D eigenvalue weighted by molar-refractivity contribution is 7.17. The van der Waals surface area contributed by atoms with Crippen molar-refractivity contribution >= 4 is 33.0 Å². The van der Waals surface area contributed by atoms with Crippen LogP contribution in [0.5, 0.6) is 0 Å². The minimum atomic E-state index is -0.329. The van der Waals surface area contributed by atoms with E-state index in [9.17, 15) is 4.79 Å². The first kappa shape index (κ1) is 20.3. The Kier molecular flexibility index (Phi) is 5.57. The van der Waals surface area contributed by atoms with E-state index in [1.165, 1.54) is 37.0 Å². The van der Waals surface area contributed by atoms with E-state index in [2.05, 4.69) is 42.1 Å². The zero-order valence-electron chi connectivity index (χ0n) is 18.3. The van der Waals surface area contributed by atoms with Gasteiger partial charge in [0, 0.05) is 47.5 Å². The third-order valence-electron chi connectivity index (χ3n) is 6.57. The molecular formula is C25H29N3O2S. The van der Waals surface area contributed by atoms with Crippen molar-refractivity contribution in [1.82, 2.24) is 9.38 Å². The molecule has 1 aliphatic rings. The van der Waals surface area contributed by atoms with Crippen LogP contribution in [0.25, 0.3) is 27.2 Å². The van der Waals surface area contributed by atoms with E-state index < -0.39 is 0 Å². The number of benzene rings is 1. The van der Waals surface area contributed by atoms with Crippen molar-refractivity contribution in [2.45, 2.75) is 52.4 Å². The summed E-state index contributed by atoms with van der Waals surface area (Å²) in [6.45, 7) is 6.57. The molecule has 3 aromatic heterocycles. The molecule has 4 heterocycles. The summed E-state index contributed by atoms with van der Waals surface area (Å²) < 4.78 is 7.76. The molecule has 31 heavy (non-hydrogen) atoms. The van der Waals surface area contributed by atoms with Gasteiger partial charge in [-0.15, -0.1) is 11.3 Å². The maximum atomic E-state index is 12.8. The van der Waals surface area contributed by atoms with E-state index >= 15 is 0 Å². The molecule has 0 radical (unpaired) electrons. The second-order valence-corrected chi connectivity index (χ2v) is 9.68. The zero-order chi connectivity index (χ0) is 21.4. The number of aromatic nitrogens is 2. The van der Waals surface area contributed by atoms with Crippen molar-refractivity contribution in [3.05, 3.63) is 52.0 Å². The molecule has 6 heteroatoms. The van der Waals surface area contributed by atoms with Crippen molar-refractivity contribution in [2.24, 2.45) is 5.92 Å². The summed E-state index contributed by atoms with van der Waals surface area (Å²) in [5.74, 6) is 0.877. The van der Waals surface area contributed by atoms with Gasteiger partial charge in [0.05, 0.1) is 11.3 Å². The summed E-state index contributed by atoms with van der Waals surface area (Å²) in [5, 5.41) is 0.932. The number of nitrogens with zero attached hydrogens (tertiary/aromatic N) is 3. The second-order valence-electron chi connectivity index (χ2n) is 8.58. The fraction of sp³-hybridized carbons (Fsp3) is 0.440. The molecule has 0 atom stereocenters. The van der Waals surface area contributed by atoms with Crippen molar-refractivity contribution < 1.29 is 4.42 Å². The predicted octanol–water partition coefficient (Wildman–Crippen LogP) is 6.14. The highest BCUT2D eigenvalue weighted by Crippen LogP contribution is 2.29. The quantitative estimate of drug-likeness (QED) is 0.361. The zero-order valence-corrected chi connectivity index (χ0v) is 19.1. The van der Waals surface area contributed by atoms with Crippen LogP contribution >= 0.6 is 11.3 Å². The van der Waals surface area contributed by atoms with Gasteiger partial charge in [-0.3, -0.25) is 4.40 Å². The fourth-order valence-corrected chi connectivity index (χ4v) is 5.58. The Morgan fingerprint density at radius 3 is 2.65 bits per heavy atom. The van der Waals surface area contributed by atoms with Crippen LogP contribution in [0.3, 0.4) is 0 Å². The van der Waals surface area contributed by atoms with Crippen LogP contribution in [0.1, 0.15) is 50.8 Å². The second kappa shape index (κ2) is 8.50.